The lowest BCUT2D eigenvalue weighted by Gasteiger charge is -2.20. The third kappa shape index (κ3) is 2.63. The van der Waals surface area contributed by atoms with E-state index in [4.69, 9.17) is 10.7 Å². The van der Waals surface area contributed by atoms with Crippen molar-refractivity contribution in [2.24, 2.45) is 5.92 Å². The summed E-state index contributed by atoms with van der Waals surface area (Å²) in [7, 11) is 0. The van der Waals surface area contributed by atoms with E-state index in [0.29, 0.717) is 22.0 Å². The van der Waals surface area contributed by atoms with Crippen LogP contribution in [0.2, 0.25) is 0 Å². The lowest BCUT2D eigenvalue weighted by molar-refractivity contribution is 0.104. The summed E-state index contributed by atoms with van der Waals surface area (Å²) >= 11 is 1.44. The lowest BCUT2D eigenvalue weighted by atomic mass is 9.87. The van der Waals surface area contributed by atoms with E-state index in [2.05, 4.69) is 43.3 Å². The largest absolute Gasteiger partial charge is 0.397 e. The number of hydrogen-bond donors (Lipinski definition) is 1. The molecule has 2 heterocycles. The minimum absolute atomic E-state index is 0.000552. The monoisotopic (exact) mass is 410 g/mol. The van der Waals surface area contributed by atoms with Crippen LogP contribution in [-0.4, -0.2) is 10.8 Å². The first-order chi connectivity index (χ1) is 14.6. The summed E-state index contributed by atoms with van der Waals surface area (Å²) in [5.41, 5.74) is 15.3. The van der Waals surface area contributed by atoms with E-state index in [1.165, 1.54) is 51.3 Å². The number of aromatic nitrogens is 1. The van der Waals surface area contributed by atoms with Crippen LogP contribution >= 0.6 is 11.3 Å². The molecule has 2 aromatic carbocycles. The Labute approximate surface area is 179 Å². The van der Waals surface area contributed by atoms with Crippen LogP contribution in [0.15, 0.2) is 48.5 Å². The normalized spacial score (nSPS) is 16.9. The molecule has 0 saturated heterocycles. The average Bonchev–Trinajstić information content (AvgIpc) is 3.28. The highest BCUT2D eigenvalue weighted by molar-refractivity contribution is 7.21. The predicted molar refractivity (Wildman–Crippen MR) is 123 cm³/mol. The maximum Gasteiger partial charge on any atom is 0.205 e. The number of ketones is 1. The second kappa shape index (κ2) is 6.51. The van der Waals surface area contributed by atoms with Crippen molar-refractivity contribution in [3.8, 4) is 11.1 Å². The third-order valence-corrected chi connectivity index (χ3v) is 7.71. The standard InChI is InChI=1S/C26H22N2OS/c1-14-6-9-22-18(10-14)13-21-23(27)25(30-26(21)28-22)24(29)16-7-8-20-17(12-16)11-15-4-2-3-5-19(15)20/h2-5,7-8,12-14H,6,9-11,27H2,1H3. The minimum atomic E-state index is 0.000552. The topological polar surface area (TPSA) is 56.0 Å². The average molecular weight is 411 g/mol. The number of carbonyl (C=O) groups excluding carboxylic acids is 1. The fraction of sp³-hybridized carbons (Fsp3) is 0.231. The molecule has 3 nitrogen and oxygen atoms in total. The molecule has 0 spiro atoms. The van der Waals surface area contributed by atoms with Crippen LogP contribution in [0.5, 0.6) is 0 Å². The number of fused-ring (bicyclic) bond motifs is 5. The summed E-state index contributed by atoms with van der Waals surface area (Å²) in [5.74, 6) is 0.675. The molecule has 2 aliphatic rings. The Morgan fingerprint density at radius 3 is 2.80 bits per heavy atom. The smallest absolute Gasteiger partial charge is 0.205 e. The molecular formula is C26H22N2OS. The summed E-state index contributed by atoms with van der Waals surface area (Å²) < 4.78 is 0. The molecule has 0 amide bonds. The number of anilines is 1. The number of rotatable bonds is 2. The van der Waals surface area contributed by atoms with Crippen LogP contribution in [0, 0.1) is 5.92 Å². The second-order valence-electron chi connectivity index (χ2n) is 8.67. The van der Waals surface area contributed by atoms with Crippen LogP contribution < -0.4 is 5.73 Å². The zero-order valence-electron chi connectivity index (χ0n) is 16.9. The van der Waals surface area contributed by atoms with Crippen molar-refractivity contribution >= 4 is 33.0 Å². The van der Waals surface area contributed by atoms with E-state index < -0.39 is 0 Å². The molecule has 2 N–H and O–H groups in total. The molecule has 148 valence electrons. The molecule has 0 fully saturated rings. The number of nitrogens with zero attached hydrogens (tertiary/aromatic N) is 1. The van der Waals surface area contributed by atoms with E-state index in [1.54, 1.807) is 0 Å². The fourth-order valence-corrected chi connectivity index (χ4v) is 6.02. The molecule has 6 rings (SSSR count). The van der Waals surface area contributed by atoms with Gasteiger partial charge in [0.15, 0.2) is 0 Å². The number of benzene rings is 2. The molecule has 1 unspecified atom stereocenters. The predicted octanol–water partition coefficient (Wildman–Crippen LogP) is 5.81. The van der Waals surface area contributed by atoms with Gasteiger partial charge in [0.2, 0.25) is 5.78 Å². The van der Waals surface area contributed by atoms with Crippen molar-refractivity contribution < 1.29 is 4.79 Å². The first-order valence-electron chi connectivity index (χ1n) is 10.5. The summed E-state index contributed by atoms with van der Waals surface area (Å²) in [6.45, 7) is 2.28. The number of carbonyl (C=O) groups is 1. The third-order valence-electron chi connectivity index (χ3n) is 6.59. The SMILES string of the molecule is CC1CCc2nc3sc(C(=O)c4ccc5c(c4)Cc4ccccc4-5)c(N)c3cc2C1. The Morgan fingerprint density at radius 1 is 1.07 bits per heavy atom. The van der Waals surface area contributed by atoms with Gasteiger partial charge in [-0.15, -0.1) is 11.3 Å². The van der Waals surface area contributed by atoms with Crippen molar-refractivity contribution in [1.82, 2.24) is 4.98 Å². The van der Waals surface area contributed by atoms with Gasteiger partial charge in [-0.05, 0) is 71.6 Å². The number of nitrogens with two attached hydrogens (primary N) is 1. The van der Waals surface area contributed by atoms with Crippen molar-refractivity contribution in [2.75, 3.05) is 5.73 Å². The zero-order chi connectivity index (χ0) is 20.4. The Balaban J connectivity index is 1.40. The molecule has 1 atom stereocenters. The van der Waals surface area contributed by atoms with E-state index in [0.717, 1.165) is 29.5 Å². The summed E-state index contributed by atoms with van der Waals surface area (Å²) in [4.78, 5) is 19.8. The van der Waals surface area contributed by atoms with E-state index in [9.17, 15) is 4.79 Å². The number of nitrogen functional groups attached to an aromatic ring is 1. The van der Waals surface area contributed by atoms with Crippen LogP contribution in [0.3, 0.4) is 0 Å². The van der Waals surface area contributed by atoms with Crippen molar-refractivity contribution in [2.45, 2.75) is 32.6 Å². The molecule has 0 bridgehead atoms. The van der Waals surface area contributed by atoms with Crippen LogP contribution in [0.25, 0.3) is 21.3 Å². The summed E-state index contributed by atoms with van der Waals surface area (Å²) in [5, 5.41) is 0.935. The molecule has 0 saturated carbocycles. The molecule has 0 aliphatic heterocycles. The fourth-order valence-electron chi connectivity index (χ4n) is 4.96. The van der Waals surface area contributed by atoms with E-state index >= 15 is 0 Å². The number of aryl methyl sites for hydroxylation is 1. The lowest BCUT2D eigenvalue weighted by Crippen LogP contribution is -2.12. The maximum absolute atomic E-state index is 13.4. The Kier molecular flexibility index (Phi) is 3.87. The minimum Gasteiger partial charge on any atom is -0.397 e. The van der Waals surface area contributed by atoms with E-state index in [-0.39, 0.29) is 5.78 Å². The molecule has 0 radical (unpaired) electrons. The van der Waals surface area contributed by atoms with Gasteiger partial charge in [0.25, 0.3) is 0 Å². The molecule has 2 aromatic heterocycles. The highest BCUT2D eigenvalue weighted by Crippen LogP contribution is 2.40. The van der Waals surface area contributed by atoms with Crippen LogP contribution in [0.1, 0.15) is 51.0 Å². The van der Waals surface area contributed by atoms with Crippen LogP contribution in [-0.2, 0) is 19.3 Å². The zero-order valence-corrected chi connectivity index (χ0v) is 17.7. The molecule has 30 heavy (non-hydrogen) atoms. The van der Waals surface area contributed by atoms with Gasteiger partial charge < -0.3 is 5.73 Å². The number of hydrogen-bond acceptors (Lipinski definition) is 4. The van der Waals surface area contributed by atoms with Gasteiger partial charge in [0.1, 0.15) is 9.71 Å². The molecule has 4 heteroatoms. The van der Waals surface area contributed by atoms with Gasteiger partial charge in [-0.25, -0.2) is 4.98 Å². The number of pyridine rings is 1. The van der Waals surface area contributed by atoms with Crippen molar-refractivity contribution in [3.63, 3.8) is 0 Å². The van der Waals surface area contributed by atoms with Gasteiger partial charge in [-0.1, -0.05) is 43.3 Å². The van der Waals surface area contributed by atoms with Crippen LogP contribution in [0.4, 0.5) is 5.69 Å². The van der Waals surface area contributed by atoms with Crippen molar-refractivity contribution in [3.05, 3.63) is 81.4 Å². The molecular weight excluding hydrogens is 388 g/mol. The Bertz CT molecular complexity index is 1350. The Hall–Kier alpha value is -2.98. The highest BCUT2D eigenvalue weighted by atomic mass is 32.1. The first-order valence-corrected chi connectivity index (χ1v) is 11.4. The van der Waals surface area contributed by atoms with Gasteiger partial charge in [-0.2, -0.15) is 0 Å². The highest BCUT2D eigenvalue weighted by Gasteiger charge is 2.24. The van der Waals surface area contributed by atoms with Gasteiger partial charge in [-0.3, -0.25) is 4.79 Å². The summed E-state index contributed by atoms with van der Waals surface area (Å²) in [6.07, 6.45) is 4.11. The van der Waals surface area contributed by atoms with E-state index in [1.807, 2.05) is 12.1 Å². The summed E-state index contributed by atoms with van der Waals surface area (Å²) in [6, 6.07) is 16.7. The van der Waals surface area contributed by atoms with Crippen molar-refractivity contribution in [1.29, 1.82) is 0 Å². The number of thiophene rings is 1. The van der Waals surface area contributed by atoms with Gasteiger partial charge in [0, 0.05) is 16.6 Å². The molecule has 2 aliphatic carbocycles. The maximum atomic E-state index is 13.4. The quantitative estimate of drug-likeness (QED) is 0.374. The van der Waals surface area contributed by atoms with Gasteiger partial charge in [0.05, 0.1) is 5.69 Å². The Morgan fingerprint density at radius 2 is 1.90 bits per heavy atom. The second-order valence-corrected chi connectivity index (χ2v) is 9.67. The molecule has 4 aromatic rings. The van der Waals surface area contributed by atoms with Gasteiger partial charge >= 0.3 is 0 Å². The first kappa shape index (κ1) is 17.8.